The number of anilines is 2. The van der Waals surface area contributed by atoms with Crippen LogP contribution in [0.5, 0.6) is 0 Å². The van der Waals surface area contributed by atoms with Gasteiger partial charge in [-0.2, -0.15) is 10.1 Å². The zero-order valence-corrected chi connectivity index (χ0v) is 14.8. The van der Waals surface area contributed by atoms with Crippen molar-refractivity contribution in [3.63, 3.8) is 0 Å². The van der Waals surface area contributed by atoms with Gasteiger partial charge in [-0.25, -0.2) is 4.68 Å². The summed E-state index contributed by atoms with van der Waals surface area (Å²) < 4.78 is 6.70. The van der Waals surface area contributed by atoms with Gasteiger partial charge in [0.2, 0.25) is 5.95 Å². The monoisotopic (exact) mass is 341 g/mol. The van der Waals surface area contributed by atoms with Crippen LogP contribution in [0.2, 0.25) is 0 Å². The summed E-state index contributed by atoms with van der Waals surface area (Å²) in [5, 5.41) is 7.33. The number of aromatic nitrogens is 3. The number of benzene rings is 1. The quantitative estimate of drug-likeness (QED) is 0.842. The van der Waals surface area contributed by atoms with Crippen LogP contribution in [-0.4, -0.2) is 40.9 Å². The molecule has 0 spiro atoms. The first-order valence-electron chi connectivity index (χ1n) is 8.38. The lowest BCUT2D eigenvalue weighted by Gasteiger charge is -2.33. The van der Waals surface area contributed by atoms with Crippen LogP contribution in [0.1, 0.15) is 25.5 Å². The molecule has 1 N–H and O–H groups in total. The van der Waals surface area contributed by atoms with Crippen LogP contribution >= 0.6 is 0 Å². The van der Waals surface area contributed by atoms with Gasteiger partial charge in [0.05, 0.1) is 13.2 Å². The van der Waals surface area contributed by atoms with Gasteiger partial charge < -0.3 is 15.0 Å². The highest BCUT2D eigenvalue weighted by molar-refractivity contribution is 5.78. The van der Waals surface area contributed by atoms with Gasteiger partial charge in [0, 0.05) is 24.5 Å². The zero-order valence-electron chi connectivity index (χ0n) is 14.8. The van der Waals surface area contributed by atoms with Gasteiger partial charge >= 0.3 is 5.97 Å². The molecule has 0 aliphatic carbocycles. The highest BCUT2D eigenvalue weighted by atomic mass is 16.5. The summed E-state index contributed by atoms with van der Waals surface area (Å²) in [5.74, 6) is -0.349. The molecule has 0 amide bonds. The van der Waals surface area contributed by atoms with E-state index in [0.717, 1.165) is 24.3 Å². The second-order valence-corrected chi connectivity index (χ2v) is 5.89. The fourth-order valence-corrected chi connectivity index (χ4v) is 3.30. The van der Waals surface area contributed by atoms with Crippen molar-refractivity contribution in [3.8, 4) is 0 Å². The number of nitrogens with one attached hydrogen (secondary N) is 1. The predicted octanol–water partition coefficient (Wildman–Crippen LogP) is 2.44. The molecule has 1 aliphatic heterocycles. The lowest BCUT2D eigenvalue weighted by Crippen LogP contribution is -2.37. The normalized spacial score (nSPS) is 19.1. The molecule has 1 aromatic heterocycles. The standard InChI is InChI=1S/C18H23N5O2/c1-5-22(6-2)14-9-7-13(8-10-14)16-15(17(24)25-4)12(3)21-18-19-11-20-23(16)18/h7-11,15-16H,3,5-6H2,1-2,4H3,(H,19,20,21)/t15-,16+/m0/s1. The fraction of sp³-hybridized carbons (Fsp3) is 0.389. The number of carbonyl (C=O) groups excluding carboxylic acids is 1. The van der Waals surface area contributed by atoms with E-state index in [9.17, 15) is 4.79 Å². The number of fused-ring (bicyclic) bond motifs is 1. The minimum Gasteiger partial charge on any atom is -0.468 e. The summed E-state index contributed by atoms with van der Waals surface area (Å²) in [5.41, 5.74) is 2.67. The summed E-state index contributed by atoms with van der Waals surface area (Å²) in [6.07, 6.45) is 1.46. The molecular formula is C18H23N5O2. The van der Waals surface area contributed by atoms with Gasteiger partial charge in [0.1, 0.15) is 12.2 Å². The topological polar surface area (TPSA) is 72.3 Å². The highest BCUT2D eigenvalue weighted by Gasteiger charge is 2.40. The van der Waals surface area contributed by atoms with Gasteiger partial charge in [0.15, 0.2) is 0 Å². The van der Waals surface area contributed by atoms with E-state index >= 15 is 0 Å². The van der Waals surface area contributed by atoms with Crippen LogP contribution in [0.25, 0.3) is 0 Å². The molecule has 2 heterocycles. The van der Waals surface area contributed by atoms with Crippen LogP contribution in [0.4, 0.5) is 11.6 Å². The molecule has 0 fully saturated rings. The summed E-state index contributed by atoms with van der Waals surface area (Å²) in [7, 11) is 1.38. The molecule has 0 bridgehead atoms. The Kier molecular flexibility index (Phi) is 4.74. The molecule has 0 unspecified atom stereocenters. The Morgan fingerprint density at radius 1 is 1.32 bits per heavy atom. The maximum Gasteiger partial charge on any atom is 0.317 e. The van der Waals surface area contributed by atoms with Crippen molar-refractivity contribution in [2.24, 2.45) is 5.92 Å². The number of nitrogens with zero attached hydrogens (tertiary/aromatic N) is 4. The van der Waals surface area contributed by atoms with E-state index in [0.29, 0.717) is 11.6 Å². The van der Waals surface area contributed by atoms with Crippen molar-refractivity contribution in [3.05, 3.63) is 48.4 Å². The molecule has 3 rings (SSSR count). The number of hydrogen-bond donors (Lipinski definition) is 1. The second kappa shape index (κ2) is 6.96. The number of carbonyl (C=O) groups is 1. The third-order valence-electron chi connectivity index (χ3n) is 4.62. The molecule has 1 aliphatic rings. The van der Waals surface area contributed by atoms with E-state index in [1.54, 1.807) is 4.68 Å². The average Bonchev–Trinajstić information content (AvgIpc) is 3.09. The van der Waals surface area contributed by atoms with Crippen molar-refractivity contribution in [1.82, 2.24) is 14.8 Å². The minimum absolute atomic E-state index is 0.343. The summed E-state index contributed by atoms with van der Waals surface area (Å²) >= 11 is 0. The molecular weight excluding hydrogens is 318 g/mol. The molecule has 7 nitrogen and oxygen atoms in total. The van der Waals surface area contributed by atoms with Crippen molar-refractivity contribution < 1.29 is 9.53 Å². The van der Waals surface area contributed by atoms with Crippen LogP contribution in [0.3, 0.4) is 0 Å². The largest absolute Gasteiger partial charge is 0.468 e. The Morgan fingerprint density at radius 2 is 2.00 bits per heavy atom. The predicted molar refractivity (Wildman–Crippen MR) is 96.4 cm³/mol. The second-order valence-electron chi connectivity index (χ2n) is 5.89. The first-order valence-corrected chi connectivity index (χ1v) is 8.38. The van der Waals surface area contributed by atoms with Crippen LogP contribution in [0, 0.1) is 5.92 Å². The van der Waals surface area contributed by atoms with Gasteiger partial charge in [-0.3, -0.25) is 4.79 Å². The molecule has 0 radical (unpaired) electrons. The number of hydrogen-bond acceptors (Lipinski definition) is 6. The molecule has 25 heavy (non-hydrogen) atoms. The van der Waals surface area contributed by atoms with E-state index < -0.39 is 5.92 Å². The van der Waals surface area contributed by atoms with Crippen LogP contribution < -0.4 is 10.2 Å². The summed E-state index contributed by atoms with van der Waals surface area (Å²) in [4.78, 5) is 18.8. The van der Waals surface area contributed by atoms with Crippen molar-refractivity contribution >= 4 is 17.6 Å². The van der Waals surface area contributed by atoms with Gasteiger partial charge in [0.25, 0.3) is 0 Å². The molecule has 7 heteroatoms. The minimum atomic E-state index is -0.571. The maximum atomic E-state index is 12.4. The Labute approximate surface area is 147 Å². The summed E-state index contributed by atoms with van der Waals surface area (Å²) in [6, 6.07) is 7.84. The first-order chi connectivity index (χ1) is 12.1. The lowest BCUT2D eigenvalue weighted by molar-refractivity contribution is -0.145. The smallest absolute Gasteiger partial charge is 0.317 e. The first kappa shape index (κ1) is 17.0. The number of methoxy groups -OCH3 is 1. The average molecular weight is 341 g/mol. The van der Waals surface area contributed by atoms with E-state index in [2.05, 4.69) is 52.9 Å². The van der Waals surface area contributed by atoms with Crippen molar-refractivity contribution in [2.75, 3.05) is 30.4 Å². The van der Waals surface area contributed by atoms with E-state index in [1.807, 2.05) is 12.1 Å². The molecule has 2 aromatic rings. The molecule has 132 valence electrons. The highest BCUT2D eigenvalue weighted by Crippen LogP contribution is 2.38. The van der Waals surface area contributed by atoms with Crippen molar-refractivity contribution in [2.45, 2.75) is 19.9 Å². The van der Waals surface area contributed by atoms with Gasteiger partial charge in [-0.05, 0) is 31.5 Å². The van der Waals surface area contributed by atoms with E-state index in [-0.39, 0.29) is 12.0 Å². The van der Waals surface area contributed by atoms with Gasteiger partial charge in [-0.15, -0.1) is 0 Å². The van der Waals surface area contributed by atoms with Crippen LogP contribution in [-0.2, 0) is 9.53 Å². The number of ether oxygens (including phenoxy) is 1. The molecule has 2 atom stereocenters. The molecule has 1 aromatic carbocycles. The van der Waals surface area contributed by atoms with E-state index in [1.165, 1.54) is 13.4 Å². The molecule has 0 saturated carbocycles. The third kappa shape index (κ3) is 2.97. The van der Waals surface area contributed by atoms with Gasteiger partial charge in [-0.1, -0.05) is 18.7 Å². The summed E-state index contributed by atoms with van der Waals surface area (Å²) in [6.45, 7) is 10.1. The Bertz CT molecular complexity index is 764. The third-order valence-corrected chi connectivity index (χ3v) is 4.62. The lowest BCUT2D eigenvalue weighted by atomic mass is 9.89. The Morgan fingerprint density at radius 3 is 2.60 bits per heavy atom. The maximum absolute atomic E-state index is 12.4. The Balaban J connectivity index is 2.03. The Hall–Kier alpha value is -2.83. The molecule has 0 saturated heterocycles. The van der Waals surface area contributed by atoms with E-state index in [4.69, 9.17) is 4.74 Å². The number of rotatable bonds is 5. The van der Waals surface area contributed by atoms with Crippen molar-refractivity contribution in [1.29, 1.82) is 0 Å². The van der Waals surface area contributed by atoms with Crippen LogP contribution in [0.15, 0.2) is 42.9 Å². The number of esters is 1. The zero-order chi connectivity index (χ0) is 18.0. The fourth-order valence-electron chi connectivity index (χ4n) is 3.30. The SMILES string of the molecule is C=C1Nc2ncnn2[C@H](c2ccc(N(CC)CC)cc2)[C@H]1C(=O)OC.